The molecule has 0 unspecified atom stereocenters. The zero-order valence-electron chi connectivity index (χ0n) is 13.7. The van der Waals surface area contributed by atoms with Gasteiger partial charge in [-0.15, -0.1) is 0 Å². The Labute approximate surface area is 154 Å². The molecule has 0 fully saturated rings. The zero-order chi connectivity index (χ0) is 17.6. The molecule has 3 aromatic rings. The Morgan fingerprint density at radius 1 is 1.20 bits per heavy atom. The third-order valence-electron chi connectivity index (χ3n) is 3.63. The second-order valence-electron chi connectivity index (χ2n) is 5.37. The zero-order valence-corrected chi connectivity index (χ0v) is 15.2. The normalized spacial score (nSPS) is 10.5. The number of ether oxygens (including phenoxy) is 1. The molecule has 1 amide bonds. The van der Waals surface area contributed by atoms with E-state index in [1.165, 1.54) is 0 Å². The van der Waals surface area contributed by atoms with E-state index >= 15 is 0 Å². The summed E-state index contributed by atoms with van der Waals surface area (Å²) in [7, 11) is 1.57. The highest BCUT2D eigenvalue weighted by atomic mass is 79.9. The molecule has 3 rings (SSSR count). The van der Waals surface area contributed by atoms with Crippen molar-refractivity contribution in [2.24, 2.45) is 0 Å². The van der Waals surface area contributed by atoms with Crippen LogP contribution in [0.25, 0.3) is 11.3 Å². The fourth-order valence-electron chi connectivity index (χ4n) is 2.35. The van der Waals surface area contributed by atoms with Crippen LogP contribution in [0, 0.1) is 0 Å². The van der Waals surface area contributed by atoms with E-state index in [2.05, 4.69) is 26.2 Å². The number of oxazole rings is 1. The van der Waals surface area contributed by atoms with Crippen molar-refractivity contribution in [3.8, 4) is 17.1 Å². The van der Waals surface area contributed by atoms with E-state index in [1.807, 2.05) is 36.4 Å². The smallest absolute Gasteiger partial charge is 0.224 e. The predicted octanol–water partition coefficient (Wildman–Crippen LogP) is 4.68. The van der Waals surface area contributed by atoms with Crippen molar-refractivity contribution in [3.63, 3.8) is 0 Å². The predicted molar refractivity (Wildman–Crippen MR) is 99.6 cm³/mol. The number of anilines is 1. The molecule has 5 nitrogen and oxygen atoms in total. The molecular weight excluding hydrogens is 384 g/mol. The van der Waals surface area contributed by atoms with Gasteiger partial charge in [0, 0.05) is 22.9 Å². The van der Waals surface area contributed by atoms with E-state index < -0.39 is 0 Å². The second-order valence-corrected chi connectivity index (χ2v) is 6.29. The summed E-state index contributed by atoms with van der Waals surface area (Å²) < 4.78 is 11.9. The monoisotopic (exact) mass is 400 g/mol. The van der Waals surface area contributed by atoms with Gasteiger partial charge in [0.25, 0.3) is 0 Å². The number of halogens is 1. The number of hydrogen-bond acceptors (Lipinski definition) is 4. The SMILES string of the molecule is COc1ccccc1NC(=O)CCc1ncc(-c2ccc(Br)cc2)o1. The molecule has 2 aromatic carbocycles. The first-order valence-electron chi connectivity index (χ1n) is 7.79. The molecule has 0 aliphatic carbocycles. The summed E-state index contributed by atoms with van der Waals surface area (Å²) in [5.41, 5.74) is 1.60. The van der Waals surface area contributed by atoms with Crippen molar-refractivity contribution in [1.82, 2.24) is 4.98 Å². The highest BCUT2D eigenvalue weighted by Crippen LogP contribution is 2.24. The quantitative estimate of drug-likeness (QED) is 0.651. The summed E-state index contributed by atoms with van der Waals surface area (Å²) in [5, 5.41) is 2.84. The lowest BCUT2D eigenvalue weighted by molar-refractivity contribution is -0.116. The van der Waals surface area contributed by atoms with Gasteiger partial charge in [-0.2, -0.15) is 0 Å². The van der Waals surface area contributed by atoms with Gasteiger partial charge in [0.1, 0.15) is 5.75 Å². The lowest BCUT2D eigenvalue weighted by Crippen LogP contribution is -2.13. The standard InChI is InChI=1S/C19H17BrN2O3/c1-24-16-5-3-2-4-15(16)22-18(23)10-11-19-21-12-17(25-19)13-6-8-14(20)9-7-13/h2-9,12H,10-11H2,1H3,(H,22,23). The van der Waals surface area contributed by atoms with Crippen molar-refractivity contribution < 1.29 is 13.9 Å². The molecule has 0 aliphatic rings. The number of nitrogens with one attached hydrogen (secondary N) is 1. The first kappa shape index (κ1) is 17.2. The molecule has 6 heteroatoms. The van der Waals surface area contributed by atoms with E-state index in [0.717, 1.165) is 10.0 Å². The van der Waals surface area contributed by atoms with Crippen LogP contribution in [0.3, 0.4) is 0 Å². The number of benzene rings is 2. The summed E-state index contributed by atoms with van der Waals surface area (Å²) >= 11 is 3.40. The number of amides is 1. The first-order chi connectivity index (χ1) is 12.2. The molecule has 0 atom stereocenters. The van der Waals surface area contributed by atoms with Crippen LogP contribution in [0.1, 0.15) is 12.3 Å². The molecule has 0 radical (unpaired) electrons. The number of hydrogen-bond donors (Lipinski definition) is 1. The molecule has 1 N–H and O–H groups in total. The Balaban J connectivity index is 1.58. The fraction of sp³-hybridized carbons (Fsp3) is 0.158. The summed E-state index contributed by atoms with van der Waals surface area (Å²) in [6, 6.07) is 15.1. The fourth-order valence-corrected chi connectivity index (χ4v) is 2.62. The lowest BCUT2D eigenvalue weighted by Gasteiger charge is -2.09. The Hall–Kier alpha value is -2.60. The second kappa shape index (κ2) is 7.98. The van der Waals surface area contributed by atoms with Crippen LogP contribution >= 0.6 is 15.9 Å². The average Bonchev–Trinajstić information content (AvgIpc) is 3.10. The molecule has 128 valence electrons. The van der Waals surface area contributed by atoms with Crippen LogP contribution in [-0.2, 0) is 11.2 Å². The van der Waals surface area contributed by atoms with Crippen LogP contribution in [0.5, 0.6) is 5.75 Å². The topological polar surface area (TPSA) is 64.4 Å². The Kier molecular flexibility index (Phi) is 5.50. The largest absolute Gasteiger partial charge is 0.495 e. The summed E-state index contributed by atoms with van der Waals surface area (Å²) in [6.45, 7) is 0. The molecular formula is C19H17BrN2O3. The van der Waals surface area contributed by atoms with Crippen LogP contribution in [0.15, 0.2) is 63.6 Å². The maximum atomic E-state index is 12.1. The van der Waals surface area contributed by atoms with E-state index in [9.17, 15) is 4.79 Å². The molecule has 0 saturated carbocycles. The van der Waals surface area contributed by atoms with Gasteiger partial charge in [0.2, 0.25) is 5.91 Å². The average molecular weight is 401 g/mol. The van der Waals surface area contributed by atoms with Crippen LogP contribution in [0.2, 0.25) is 0 Å². The lowest BCUT2D eigenvalue weighted by atomic mass is 10.2. The molecule has 0 aliphatic heterocycles. The highest BCUT2D eigenvalue weighted by Gasteiger charge is 2.11. The van der Waals surface area contributed by atoms with Gasteiger partial charge < -0.3 is 14.5 Å². The Morgan fingerprint density at radius 3 is 2.72 bits per heavy atom. The maximum absolute atomic E-state index is 12.1. The minimum atomic E-state index is -0.118. The number of aryl methyl sites for hydroxylation is 1. The highest BCUT2D eigenvalue weighted by molar-refractivity contribution is 9.10. The molecule has 1 heterocycles. The first-order valence-corrected chi connectivity index (χ1v) is 8.58. The number of carbonyl (C=O) groups is 1. The van der Waals surface area contributed by atoms with Crippen molar-refractivity contribution in [2.45, 2.75) is 12.8 Å². The van der Waals surface area contributed by atoms with Gasteiger partial charge in [-0.05, 0) is 24.3 Å². The number of rotatable bonds is 6. The van der Waals surface area contributed by atoms with Crippen LogP contribution < -0.4 is 10.1 Å². The van der Waals surface area contributed by atoms with E-state index in [0.29, 0.717) is 29.5 Å². The van der Waals surface area contributed by atoms with Crippen molar-refractivity contribution in [1.29, 1.82) is 0 Å². The van der Waals surface area contributed by atoms with E-state index in [1.54, 1.807) is 25.4 Å². The molecule has 0 spiro atoms. The third kappa shape index (κ3) is 4.48. The Morgan fingerprint density at radius 2 is 1.96 bits per heavy atom. The van der Waals surface area contributed by atoms with Gasteiger partial charge in [-0.3, -0.25) is 4.79 Å². The van der Waals surface area contributed by atoms with Crippen molar-refractivity contribution in [3.05, 3.63) is 65.1 Å². The van der Waals surface area contributed by atoms with Gasteiger partial charge >= 0.3 is 0 Å². The van der Waals surface area contributed by atoms with Crippen molar-refractivity contribution >= 4 is 27.5 Å². The van der Waals surface area contributed by atoms with Crippen molar-refractivity contribution in [2.75, 3.05) is 12.4 Å². The maximum Gasteiger partial charge on any atom is 0.224 e. The van der Waals surface area contributed by atoms with Gasteiger partial charge in [-0.25, -0.2) is 4.98 Å². The number of aromatic nitrogens is 1. The number of para-hydroxylation sites is 2. The van der Waals surface area contributed by atoms with Gasteiger partial charge in [0.15, 0.2) is 11.7 Å². The molecule has 0 bridgehead atoms. The summed E-state index contributed by atoms with van der Waals surface area (Å²) in [6.07, 6.45) is 2.38. The summed E-state index contributed by atoms with van der Waals surface area (Å²) in [4.78, 5) is 16.4. The summed E-state index contributed by atoms with van der Waals surface area (Å²) in [5.74, 6) is 1.73. The van der Waals surface area contributed by atoms with Gasteiger partial charge in [-0.1, -0.05) is 40.2 Å². The number of nitrogens with zero attached hydrogens (tertiary/aromatic N) is 1. The number of methoxy groups -OCH3 is 1. The van der Waals surface area contributed by atoms with E-state index in [-0.39, 0.29) is 12.3 Å². The van der Waals surface area contributed by atoms with Crippen LogP contribution in [-0.4, -0.2) is 18.0 Å². The van der Waals surface area contributed by atoms with E-state index in [4.69, 9.17) is 9.15 Å². The third-order valence-corrected chi connectivity index (χ3v) is 4.16. The minimum absolute atomic E-state index is 0.118. The van der Waals surface area contributed by atoms with Gasteiger partial charge in [0.05, 0.1) is 19.0 Å². The Bertz CT molecular complexity index is 859. The molecule has 25 heavy (non-hydrogen) atoms. The van der Waals surface area contributed by atoms with Crippen LogP contribution in [0.4, 0.5) is 5.69 Å². The minimum Gasteiger partial charge on any atom is -0.495 e. The molecule has 1 aromatic heterocycles. The number of carbonyl (C=O) groups excluding carboxylic acids is 1. The molecule has 0 saturated heterocycles.